The standard InChI is InChI=1S/C46H62N6O3/c1-28(2)33-16-21-46(23-22-44(6)34(38(33)46)14-15-36-43(5)19-18-37(53)42(3,4)35(43)17-20-45(36,44)7)41(55)48-27-30-11-9-13-32(25-30)40(54)47-26-29-10-8-12-31(24-29)39-49-51-52-50-39/h8-13,24-25,33-38,53H,1,14-23,26-27H2,2-7H3,(H,47,54)(H,48,55)(H,49,50,51,52)/t33-,34+,35?,36?,37-,38?,43-,44+,45+,46-/m0/s1. The topological polar surface area (TPSA) is 133 Å². The highest BCUT2D eigenvalue weighted by Crippen LogP contribution is 2.77. The van der Waals surface area contributed by atoms with Crippen LogP contribution in [-0.2, 0) is 17.9 Å². The minimum atomic E-state index is -0.403. The van der Waals surface area contributed by atoms with Gasteiger partial charge in [0.1, 0.15) is 0 Å². The summed E-state index contributed by atoms with van der Waals surface area (Å²) in [5, 5.41) is 31.8. The molecule has 4 N–H and O–H groups in total. The Kier molecular flexibility index (Phi) is 9.45. The number of tetrazole rings is 1. The van der Waals surface area contributed by atoms with Crippen molar-refractivity contribution in [2.45, 2.75) is 125 Å². The van der Waals surface area contributed by atoms with Crippen LogP contribution in [-0.4, -0.2) is 43.6 Å². The number of benzene rings is 2. The number of hydrogen-bond acceptors (Lipinski definition) is 6. The van der Waals surface area contributed by atoms with Crippen molar-refractivity contribution >= 4 is 11.8 Å². The van der Waals surface area contributed by atoms with Crippen LogP contribution >= 0.6 is 0 Å². The summed E-state index contributed by atoms with van der Waals surface area (Å²) in [6, 6.07) is 15.3. The first-order valence-corrected chi connectivity index (χ1v) is 21.0. The molecular weight excluding hydrogens is 685 g/mol. The molecule has 3 unspecified atom stereocenters. The quantitative estimate of drug-likeness (QED) is 0.171. The Bertz CT molecular complexity index is 1960. The van der Waals surface area contributed by atoms with Crippen molar-refractivity contribution in [2.24, 2.45) is 56.7 Å². The van der Waals surface area contributed by atoms with E-state index in [9.17, 15) is 14.7 Å². The summed E-state index contributed by atoms with van der Waals surface area (Å²) in [4.78, 5) is 28.1. The summed E-state index contributed by atoms with van der Waals surface area (Å²) < 4.78 is 0. The molecule has 0 spiro atoms. The number of rotatable bonds is 8. The highest BCUT2D eigenvalue weighted by atomic mass is 16.3. The molecule has 5 saturated carbocycles. The molecule has 2 aromatic carbocycles. The third-order valence-corrected chi connectivity index (χ3v) is 17.1. The van der Waals surface area contributed by atoms with E-state index in [2.05, 4.69) is 79.4 Å². The molecule has 0 aliphatic heterocycles. The molecule has 3 aromatic rings. The van der Waals surface area contributed by atoms with Gasteiger partial charge < -0.3 is 15.7 Å². The maximum absolute atomic E-state index is 14.8. The maximum atomic E-state index is 14.8. The summed E-state index contributed by atoms with van der Waals surface area (Å²) >= 11 is 0. The Hall–Kier alpha value is -3.85. The average molecular weight is 747 g/mol. The van der Waals surface area contributed by atoms with Crippen molar-refractivity contribution in [2.75, 3.05) is 0 Å². The van der Waals surface area contributed by atoms with Gasteiger partial charge in [0, 0.05) is 24.2 Å². The van der Waals surface area contributed by atoms with E-state index in [0.717, 1.165) is 55.2 Å². The number of allylic oxidation sites excluding steroid dienone is 1. The number of hydrogen-bond donors (Lipinski definition) is 4. The van der Waals surface area contributed by atoms with Gasteiger partial charge >= 0.3 is 0 Å². The lowest BCUT2D eigenvalue weighted by Gasteiger charge is -2.72. The molecule has 55 heavy (non-hydrogen) atoms. The number of carbonyl (C=O) groups excluding carboxylic acids is 2. The van der Waals surface area contributed by atoms with Crippen molar-refractivity contribution in [3.8, 4) is 11.4 Å². The zero-order chi connectivity index (χ0) is 39.0. The van der Waals surface area contributed by atoms with E-state index in [1.165, 1.54) is 31.3 Å². The molecule has 5 aliphatic rings. The van der Waals surface area contributed by atoms with Gasteiger partial charge in [0.25, 0.3) is 5.91 Å². The molecule has 0 radical (unpaired) electrons. The lowest BCUT2D eigenvalue weighted by Crippen LogP contribution is -2.67. The number of amides is 2. The second-order valence-electron chi connectivity index (χ2n) is 19.7. The number of nitrogens with zero attached hydrogens (tertiary/aromatic N) is 3. The smallest absolute Gasteiger partial charge is 0.251 e. The number of aromatic amines is 1. The normalized spacial score (nSPS) is 37.4. The summed E-state index contributed by atoms with van der Waals surface area (Å²) in [5.74, 6) is 2.81. The Morgan fingerprint density at radius 1 is 0.836 bits per heavy atom. The SMILES string of the molecule is C=C(C)[C@@H]1CC[C@]2(C(=O)NCc3cccc(C(=O)NCc4cccc(-c5nn[nH]n5)c4)c3)CC[C@]3(C)[C@H](CCC4[C@@]5(C)CC[C@H](O)C(C)(C)C5CC[C@]43C)C12. The van der Waals surface area contributed by atoms with E-state index in [4.69, 9.17) is 0 Å². The van der Waals surface area contributed by atoms with Gasteiger partial charge in [-0.05, 0) is 157 Å². The van der Waals surface area contributed by atoms with Crippen molar-refractivity contribution < 1.29 is 14.7 Å². The highest BCUT2D eigenvalue weighted by Gasteiger charge is 2.71. The molecule has 5 fully saturated rings. The molecule has 8 rings (SSSR count). The van der Waals surface area contributed by atoms with Gasteiger partial charge in [-0.2, -0.15) is 5.21 Å². The largest absolute Gasteiger partial charge is 0.393 e. The summed E-state index contributed by atoms with van der Waals surface area (Å²) in [6.45, 7) is 20.0. The fourth-order valence-electron chi connectivity index (χ4n) is 14.1. The first-order chi connectivity index (χ1) is 26.1. The third kappa shape index (κ3) is 5.92. The van der Waals surface area contributed by atoms with Crippen LogP contribution in [0.15, 0.2) is 60.7 Å². The fourth-order valence-corrected chi connectivity index (χ4v) is 14.1. The van der Waals surface area contributed by atoms with E-state index in [1.807, 2.05) is 48.5 Å². The second kappa shape index (κ2) is 13.7. The second-order valence-corrected chi connectivity index (χ2v) is 19.7. The lowest BCUT2D eigenvalue weighted by molar-refractivity contribution is -0.246. The molecule has 5 aliphatic carbocycles. The molecule has 0 bridgehead atoms. The van der Waals surface area contributed by atoms with Gasteiger partial charge in [-0.3, -0.25) is 9.59 Å². The molecule has 10 atom stereocenters. The first-order valence-electron chi connectivity index (χ1n) is 21.0. The van der Waals surface area contributed by atoms with E-state index >= 15 is 0 Å². The van der Waals surface area contributed by atoms with Crippen molar-refractivity contribution in [1.82, 2.24) is 31.3 Å². The van der Waals surface area contributed by atoms with E-state index in [0.29, 0.717) is 48.1 Å². The van der Waals surface area contributed by atoms with Crippen LogP contribution in [0.5, 0.6) is 0 Å². The first kappa shape index (κ1) is 38.0. The van der Waals surface area contributed by atoms with Crippen LogP contribution in [0.1, 0.15) is 127 Å². The molecule has 294 valence electrons. The highest BCUT2D eigenvalue weighted by molar-refractivity contribution is 5.94. The zero-order valence-electron chi connectivity index (χ0n) is 33.9. The number of aliphatic hydroxyl groups is 1. The lowest BCUT2D eigenvalue weighted by atomic mass is 9.32. The maximum Gasteiger partial charge on any atom is 0.251 e. The van der Waals surface area contributed by atoms with Gasteiger partial charge in [-0.15, -0.1) is 10.2 Å². The van der Waals surface area contributed by atoms with Crippen LogP contribution in [0.4, 0.5) is 0 Å². The molecule has 9 nitrogen and oxygen atoms in total. The van der Waals surface area contributed by atoms with Crippen molar-refractivity contribution in [3.63, 3.8) is 0 Å². The number of H-pyrrole nitrogens is 1. The molecule has 2 amide bonds. The molecular formula is C46H62N6O3. The Morgan fingerprint density at radius 2 is 1.58 bits per heavy atom. The number of fused-ring (bicyclic) bond motifs is 7. The number of aromatic nitrogens is 4. The van der Waals surface area contributed by atoms with Crippen molar-refractivity contribution in [1.29, 1.82) is 0 Å². The molecule has 0 saturated heterocycles. The Labute approximate surface area is 327 Å². The minimum Gasteiger partial charge on any atom is -0.393 e. The van der Waals surface area contributed by atoms with E-state index in [-0.39, 0.29) is 45.5 Å². The Balaban J connectivity index is 0.979. The van der Waals surface area contributed by atoms with Gasteiger partial charge in [0.2, 0.25) is 11.7 Å². The molecule has 1 heterocycles. The minimum absolute atomic E-state index is 0.0597. The summed E-state index contributed by atoms with van der Waals surface area (Å²) in [5.41, 5.74) is 4.59. The summed E-state index contributed by atoms with van der Waals surface area (Å²) in [6.07, 6.45) is 10.5. The van der Waals surface area contributed by atoms with Gasteiger partial charge in [0.05, 0.1) is 11.5 Å². The van der Waals surface area contributed by atoms with Crippen LogP contribution in [0, 0.1) is 56.7 Å². The number of carbonyl (C=O) groups is 2. The average Bonchev–Trinajstić information content (AvgIpc) is 3.85. The van der Waals surface area contributed by atoms with Crippen LogP contribution in [0.2, 0.25) is 0 Å². The van der Waals surface area contributed by atoms with Crippen LogP contribution in [0.25, 0.3) is 11.4 Å². The van der Waals surface area contributed by atoms with Gasteiger partial charge in [0.15, 0.2) is 0 Å². The van der Waals surface area contributed by atoms with Crippen molar-refractivity contribution in [3.05, 3.63) is 77.4 Å². The van der Waals surface area contributed by atoms with Crippen LogP contribution < -0.4 is 10.6 Å². The monoisotopic (exact) mass is 746 g/mol. The zero-order valence-corrected chi connectivity index (χ0v) is 33.9. The third-order valence-electron chi connectivity index (χ3n) is 17.1. The fraction of sp³-hybridized carbons (Fsp3) is 0.630. The molecule has 1 aromatic heterocycles. The summed E-state index contributed by atoms with van der Waals surface area (Å²) in [7, 11) is 0. The van der Waals surface area contributed by atoms with Gasteiger partial charge in [-0.25, -0.2) is 0 Å². The van der Waals surface area contributed by atoms with E-state index in [1.54, 1.807) is 0 Å². The Morgan fingerprint density at radius 3 is 2.33 bits per heavy atom. The predicted octanol–water partition coefficient (Wildman–Crippen LogP) is 8.43. The number of aliphatic hydroxyl groups excluding tert-OH is 1. The van der Waals surface area contributed by atoms with Gasteiger partial charge in [-0.1, -0.05) is 77.1 Å². The molecule has 9 heteroatoms. The van der Waals surface area contributed by atoms with E-state index < -0.39 is 5.41 Å². The predicted molar refractivity (Wildman–Crippen MR) is 214 cm³/mol. The number of nitrogens with one attached hydrogen (secondary N) is 3. The van der Waals surface area contributed by atoms with Crippen LogP contribution in [0.3, 0.4) is 0 Å².